The van der Waals surface area contributed by atoms with Crippen molar-refractivity contribution in [2.24, 2.45) is 5.10 Å². The molecule has 2 heterocycles. The predicted molar refractivity (Wildman–Crippen MR) is 102 cm³/mol. The van der Waals surface area contributed by atoms with E-state index in [0.717, 1.165) is 22.6 Å². The number of aryl methyl sites for hydroxylation is 1. The van der Waals surface area contributed by atoms with Gasteiger partial charge in [-0.3, -0.25) is 15.5 Å². The molecule has 0 aliphatic carbocycles. The van der Waals surface area contributed by atoms with Crippen LogP contribution in [0.2, 0.25) is 5.02 Å². The first-order valence-corrected chi connectivity index (χ1v) is 8.18. The van der Waals surface area contributed by atoms with Crippen LogP contribution < -0.4 is 5.43 Å². The Hall–Kier alpha value is -3.19. The van der Waals surface area contributed by atoms with Gasteiger partial charge in [-0.05, 0) is 44.2 Å². The Labute approximate surface area is 155 Å². The van der Waals surface area contributed by atoms with Crippen LogP contribution in [-0.4, -0.2) is 20.7 Å². The van der Waals surface area contributed by atoms with Gasteiger partial charge in [-0.25, -0.2) is 4.98 Å². The summed E-state index contributed by atoms with van der Waals surface area (Å²) >= 11 is 6.09. The van der Waals surface area contributed by atoms with Crippen molar-refractivity contribution in [3.63, 3.8) is 0 Å². The van der Waals surface area contributed by atoms with Gasteiger partial charge in [0.25, 0.3) is 5.69 Å². The van der Waals surface area contributed by atoms with Crippen molar-refractivity contribution < 1.29 is 4.92 Å². The molecule has 0 atom stereocenters. The fourth-order valence-electron chi connectivity index (χ4n) is 2.66. The molecule has 0 amide bonds. The number of benzene rings is 1. The van der Waals surface area contributed by atoms with Crippen molar-refractivity contribution in [3.05, 3.63) is 80.7 Å². The fourth-order valence-corrected chi connectivity index (χ4v) is 2.84. The number of pyridine rings is 1. The minimum Gasteiger partial charge on any atom is -0.318 e. The molecular weight excluding hydrogens is 354 g/mol. The van der Waals surface area contributed by atoms with Gasteiger partial charge in [-0.1, -0.05) is 17.7 Å². The summed E-state index contributed by atoms with van der Waals surface area (Å²) < 4.78 is 2.09. The topological polar surface area (TPSA) is 85.3 Å². The van der Waals surface area contributed by atoms with E-state index < -0.39 is 4.92 Å². The quantitative estimate of drug-likeness (QED) is 0.407. The summed E-state index contributed by atoms with van der Waals surface area (Å²) in [6, 6.07) is 12.5. The van der Waals surface area contributed by atoms with Crippen LogP contribution >= 0.6 is 11.6 Å². The van der Waals surface area contributed by atoms with E-state index in [0.29, 0.717) is 10.8 Å². The van der Waals surface area contributed by atoms with Gasteiger partial charge in [0.05, 0.1) is 11.1 Å². The molecule has 0 bridgehead atoms. The number of hydrogen-bond donors (Lipinski definition) is 1. The Morgan fingerprint density at radius 1 is 1.27 bits per heavy atom. The lowest BCUT2D eigenvalue weighted by Gasteiger charge is -2.09. The van der Waals surface area contributed by atoms with Gasteiger partial charge in [-0.15, -0.1) is 0 Å². The first-order valence-electron chi connectivity index (χ1n) is 7.80. The van der Waals surface area contributed by atoms with Gasteiger partial charge >= 0.3 is 0 Å². The van der Waals surface area contributed by atoms with Gasteiger partial charge in [-0.2, -0.15) is 5.10 Å². The summed E-state index contributed by atoms with van der Waals surface area (Å²) in [4.78, 5) is 14.1. The van der Waals surface area contributed by atoms with Gasteiger partial charge in [0.1, 0.15) is 12.0 Å². The van der Waals surface area contributed by atoms with Crippen LogP contribution in [0.5, 0.6) is 0 Å². The molecule has 0 radical (unpaired) electrons. The van der Waals surface area contributed by atoms with E-state index in [1.807, 2.05) is 44.2 Å². The van der Waals surface area contributed by atoms with Crippen LogP contribution in [0.25, 0.3) is 5.69 Å². The molecule has 0 aliphatic heterocycles. The predicted octanol–water partition coefficient (Wildman–Crippen LogP) is 4.50. The van der Waals surface area contributed by atoms with Crippen molar-refractivity contribution in [2.75, 3.05) is 5.43 Å². The van der Waals surface area contributed by atoms with Crippen LogP contribution in [-0.2, 0) is 0 Å². The molecule has 0 spiro atoms. The summed E-state index contributed by atoms with van der Waals surface area (Å²) in [5.74, 6) is 0.426. The first kappa shape index (κ1) is 17.6. The van der Waals surface area contributed by atoms with Gasteiger partial charge in [0, 0.05) is 33.7 Å². The molecule has 1 N–H and O–H groups in total. The zero-order valence-electron chi connectivity index (χ0n) is 14.2. The van der Waals surface area contributed by atoms with E-state index in [4.69, 9.17) is 11.6 Å². The lowest BCUT2D eigenvalue weighted by atomic mass is 10.2. The Bertz CT molecular complexity index is 980. The van der Waals surface area contributed by atoms with Crippen LogP contribution in [0.3, 0.4) is 0 Å². The lowest BCUT2D eigenvalue weighted by Crippen LogP contribution is -2.00. The van der Waals surface area contributed by atoms with Crippen molar-refractivity contribution in [1.82, 2.24) is 9.55 Å². The maximum atomic E-state index is 10.6. The Morgan fingerprint density at radius 3 is 2.73 bits per heavy atom. The van der Waals surface area contributed by atoms with Crippen LogP contribution in [0.4, 0.5) is 11.5 Å². The molecule has 1 aromatic carbocycles. The molecule has 0 saturated carbocycles. The molecule has 0 saturated heterocycles. The van der Waals surface area contributed by atoms with E-state index in [-0.39, 0.29) is 5.69 Å². The molecule has 2 aromatic heterocycles. The zero-order valence-corrected chi connectivity index (χ0v) is 14.9. The molecule has 7 nitrogen and oxygen atoms in total. The number of nitrogens with zero attached hydrogens (tertiary/aromatic N) is 4. The lowest BCUT2D eigenvalue weighted by molar-refractivity contribution is -0.385. The zero-order chi connectivity index (χ0) is 18.7. The van der Waals surface area contributed by atoms with Crippen molar-refractivity contribution in [1.29, 1.82) is 0 Å². The summed E-state index contributed by atoms with van der Waals surface area (Å²) in [5, 5.41) is 15.5. The van der Waals surface area contributed by atoms with E-state index in [1.54, 1.807) is 6.21 Å². The molecule has 3 rings (SSSR count). The SMILES string of the molecule is Cc1cc(/C=N\Nc2ccc([N+](=O)[O-])cn2)c(C)n1-c1cccc(Cl)c1. The largest absolute Gasteiger partial charge is 0.318 e. The Kier molecular flexibility index (Phi) is 4.99. The number of hydrogen-bond acceptors (Lipinski definition) is 5. The Balaban J connectivity index is 1.79. The number of aromatic nitrogens is 2. The maximum absolute atomic E-state index is 10.6. The van der Waals surface area contributed by atoms with Crippen molar-refractivity contribution >= 4 is 29.3 Å². The van der Waals surface area contributed by atoms with Crippen LogP contribution in [0.1, 0.15) is 17.0 Å². The third kappa shape index (κ3) is 3.73. The summed E-state index contributed by atoms with van der Waals surface area (Å²) in [7, 11) is 0. The monoisotopic (exact) mass is 369 g/mol. The summed E-state index contributed by atoms with van der Waals surface area (Å²) in [6.07, 6.45) is 2.87. The fraction of sp³-hybridized carbons (Fsp3) is 0.111. The maximum Gasteiger partial charge on any atom is 0.287 e. The molecule has 0 unspecified atom stereocenters. The molecular formula is C18H16ClN5O2. The number of anilines is 1. The summed E-state index contributed by atoms with van der Waals surface area (Å²) in [6.45, 7) is 4.01. The van der Waals surface area contributed by atoms with Gasteiger partial charge < -0.3 is 4.57 Å². The number of nitro groups is 1. The number of rotatable bonds is 5. The highest BCUT2D eigenvalue weighted by Gasteiger charge is 2.10. The van der Waals surface area contributed by atoms with Crippen molar-refractivity contribution in [3.8, 4) is 5.69 Å². The molecule has 8 heteroatoms. The average molecular weight is 370 g/mol. The second-order valence-electron chi connectivity index (χ2n) is 5.67. The highest BCUT2D eigenvalue weighted by atomic mass is 35.5. The van der Waals surface area contributed by atoms with Crippen molar-refractivity contribution in [2.45, 2.75) is 13.8 Å². The van der Waals surface area contributed by atoms with E-state index >= 15 is 0 Å². The highest BCUT2D eigenvalue weighted by Crippen LogP contribution is 2.22. The molecule has 0 fully saturated rings. The highest BCUT2D eigenvalue weighted by molar-refractivity contribution is 6.30. The van der Waals surface area contributed by atoms with Gasteiger partial charge in [0.2, 0.25) is 0 Å². The molecule has 3 aromatic rings. The molecule has 0 aliphatic rings. The normalized spacial score (nSPS) is 11.0. The number of halogens is 1. The summed E-state index contributed by atoms with van der Waals surface area (Å²) in [5.41, 5.74) is 6.70. The second kappa shape index (κ2) is 7.37. The molecule has 26 heavy (non-hydrogen) atoms. The average Bonchev–Trinajstić information content (AvgIpc) is 2.89. The third-order valence-electron chi connectivity index (χ3n) is 3.88. The third-order valence-corrected chi connectivity index (χ3v) is 4.11. The smallest absolute Gasteiger partial charge is 0.287 e. The minimum absolute atomic E-state index is 0.0652. The first-order chi connectivity index (χ1) is 12.5. The van der Waals surface area contributed by atoms with E-state index in [9.17, 15) is 10.1 Å². The van der Waals surface area contributed by atoms with Gasteiger partial charge in [0.15, 0.2) is 0 Å². The number of hydrazone groups is 1. The number of nitrogens with one attached hydrogen (secondary N) is 1. The van der Waals surface area contributed by atoms with E-state index in [1.165, 1.54) is 18.3 Å². The Morgan fingerprint density at radius 2 is 2.08 bits per heavy atom. The molecule has 132 valence electrons. The second-order valence-corrected chi connectivity index (χ2v) is 6.11. The van der Waals surface area contributed by atoms with Crippen LogP contribution in [0.15, 0.2) is 53.8 Å². The minimum atomic E-state index is -0.495. The van der Waals surface area contributed by atoms with E-state index in [2.05, 4.69) is 20.1 Å². The van der Waals surface area contributed by atoms with Crippen LogP contribution in [0, 0.1) is 24.0 Å². The standard InChI is InChI=1S/C18H16ClN5O2/c1-12-8-14(13(2)23(12)16-5-3-4-15(19)9-16)10-21-22-18-7-6-17(11-20-18)24(25)26/h3-11H,1-2H3,(H,20,22)/b21-10-.